The zero-order valence-electron chi connectivity index (χ0n) is 56.0. The van der Waals surface area contributed by atoms with Crippen LogP contribution >= 0.6 is 0 Å². The third-order valence-electron chi connectivity index (χ3n) is 19.2. The zero-order valence-corrected chi connectivity index (χ0v) is 56.0. The van der Waals surface area contributed by atoms with Crippen LogP contribution in [-0.4, -0.2) is 39.0 Å². The number of hydrogen-bond acceptors (Lipinski definition) is 6. The van der Waals surface area contributed by atoms with Crippen molar-refractivity contribution in [3.8, 4) is 124 Å². The molecule has 4 aromatic heterocycles. The van der Waals surface area contributed by atoms with Gasteiger partial charge in [0.25, 0.3) is 0 Å². The minimum absolute atomic E-state index is 0.0482. The van der Waals surface area contributed by atoms with E-state index in [2.05, 4.69) is 0 Å². The molecule has 0 aliphatic heterocycles. The van der Waals surface area contributed by atoms with Crippen molar-refractivity contribution in [2.45, 2.75) is 24.7 Å². The Balaban J connectivity index is 0.878. The van der Waals surface area contributed by atoms with Crippen molar-refractivity contribution in [3.63, 3.8) is 0 Å². The van der Waals surface area contributed by atoms with Crippen molar-refractivity contribution < 1.29 is 52.7 Å². The zero-order chi connectivity index (χ0) is 74.4. The number of nitrogens with zero attached hydrogens (tertiary/aromatic N) is 8. The Labute approximate surface area is 606 Å². The van der Waals surface area contributed by atoms with E-state index in [0.717, 1.165) is 12.1 Å². The monoisotopic (exact) mass is 1450 g/mol. The van der Waals surface area contributed by atoms with Crippen LogP contribution in [0.25, 0.3) is 168 Å². The Morgan fingerprint density at radius 2 is 0.491 bits per heavy atom. The molecule has 0 aliphatic rings. The molecular weight excluding hydrogens is 1400 g/mol. The topological polar surface area (TPSA) is 87.2 Å². The first kappa shape index (κ1) is 67.8. The van der Waals surface area contributed by atoms with Crippen LogP contribution in [0.3, 0.4) is 0 Å². The summed E-state index contributed by atoms with van der Waals surface area (Å²) in [4.78, 5) is 31.0. The largest absolute Gasteiger partial charge is 0.417 e. The molecule has 0 saturated carbocycles. The molecule has 0 N–H and O–H groups in total. The van der Waals surface area contributed by atoms with E-state index in [-0.39, 0.29) is 34.9 Å². The van der Waals surface area contributed by atoms with Crippen LogP contribution in [0.2, 0.25) is 0 Å². The van der Waals surface area contributed by atoms with Gasteiger partial charge in [0.15, 0.2) is 34.9 Å². The molecule has 0 fully saturated rings. The van der Waals surface area contributed by atoms with Gasteiger partial charge in [-0.05, 0) is 136 Å². The van der Waals surface area contributed by atoms with E-state index in [1.165, 1.54) is 12.1 Å². The summed E-state index contributed by atoms with van der Waals surface area (Å²) in [5, 5.41) is 2.33. The average Bonchev–Trinajstić information content (AvgIpc) is 1.58. The first-order chi connectivity index (χ1) is 52.1. The van der Waals surface area contributed by atoms with Gasteiger partial charge in [-0.3, -0.25) is 0 Å². The first-order valence-corrected chi connectivity index (χ1v) is 33.8. The van der Waals surface area contributed by atoms with Gasteiger partial charge in [0.05, 0.1) is 44.3 Å². The predicted molar refractivity (Wildman–Crippen MR) is 396 cm³/mol. The highest BCUT2D eigenvalue weighted by atomic mass is 19.4. The number of rotatable bonds is 12. The highest BCUT2D eigenvalue weighted by Crippen LogP contribution is 2.48. The highest BCUT2D eigenvalue weighted by molar-refractivity contribution is 6.12. The summed E-state index contributed by atoms with van der Waals surface area (Å²) in [6, 6.07) is 84.4. The maximum absolute atomic E-state index is 14.8. The number of fused-ring (bicyclic) bond motifs is 6. The number of benzene rings is 13. The maximum atomic E-state index is 14.8. The molecule has 108 heavy (non-hydrogen) atoms. The number of halogens is 12. The SMILES string of the molecule is FC(F)(F)c1ccc(-c2ccc3c(c2)c2ccccc2n3-c2ccc(-c3cccc(-c4ccc(-n5c6ccccc6c6cc(-c7ccc(C(F)(F)F)cc7C(F)(F)F)ccc65)cc4-c4nc(-c5ccccc5)nc(-c5ccccc5)n4)c3)c(-c3nc(-c4ccccc4)nc(-c4ccccc4)n3)c2)c(C(F)(F)F)c1. The Morgan fingerprint density at radius 1 is 0.194 bits per heavy atom. The van der Waals surface area contributed by atoms with Crippen LogP contribution in [0.1, 0.15) is 22.3 Å². The van der Waals surface area contributed by atoms with Gasteiger partial charge in [0, 0.05) is 66.3 Å². The van der Waals surface area contributed by atoms with E-state index in [4.69, 9.17) is 29.9 Å². The summed E-state index contributed by atoms with van der Waals surface area (Å²) in [6.07, 6.45) is -20.3. The third kappa shape index (κ3) is 12.6. The quantitative estimate of drug-likeness (QED) is 0.113. The highest BCUT2D eigenvalue weighted by Gasteiger charge is 2.40. The van der Waals surface area contributed by atoms with E-state index in [0.29, 0.717) is 146 Å². The first-order valence-electron chi connectivity index (χ1n) is 33.8. The lowest BCUT2D eigenvalue weighted by Crippen LogP contribution is -2.12. The molecular formula is C88H50F12N8. The Morgan fingerprint density at radius 3 is 0.833 bits per heavy atom. The second-order valence-electron chi connectivity index (χ2n) is 25.8. The number of aromatic nitrogens is 8. The molecule has 0 saturated heterocycles. The molecule has 0 unspecified atom stereocenters. The van der Waals surface area contributed by atoms with E-state index >= 15 is 0 Å². The molecule has 17 aromatic rings. The fraction of sp³-hybridized carbons (Fsp3) is 0.0455. The van der Waals surface area contributed by atoms with Crippen molar-refractivity contribution in [2.75, 3.05) is 0 Å². The van der Waals surface area contributed by atoms with Crippen LogP contribution in [0.4, 0.5) is 52.7 Å². The molecule has 0 spiro atoms. The number of hydrogen-bond donors (Lipinski definition) is 0. The van der Waals surface area contributed by atoms with Gasteiger partial charge >= 0.3 is 24.7 Å². The summed E-state index contributed by atoms with van der Waals surface area (Å²) in [5.41, 5.74) is 3.62. The van der Waals surface area contributed by atoms with Crippen molar-refractivity contribution in [1.82, 2.24) is 39.0 Å². The molecule has 8 nitrogen and oxygen atoms in total. The van der Waals surface area contributed by atoms with Crippen molar-refractivity contribution >= 4 is 43.6 Å². The lowest BCUT2D eigenvalue weighted by Gasteiger charge is -2.18. The third-order valence-corrected chi connectivity index (χ3v) is 19.2. The average molecular weight is 1450 g/mol. The van der Waals surface area contributed by atoms with Gasteiger partial charge in [-0.1, -0.05) is 212 Å². The van der Waals surface area contributed by atoms with E-state index in [1.807, 2.05) is 228 Å². The van der Waals surface area contributed by atoms with Crippen molar-refractivity contribution in [3.05, 3.63) is 326 Å². The van der Waals surface area contributed by atoms with E-state index < -0.39 is 58.1 Å². The second kappa shape index (κ2) is 26.3. The van der Waals surface area contributed by atoms with Gasteiger partial charge in [-0.15, -0.1) is 0 Å². The predicted octanol–water partition coefficient (Wildman–Crippen LogP) is 25.0. The number of alkyl halides is 12. The maximum Gasteiger partial charge on any atom is 0.417 e. The van der Waals surface area contributed by atoms with E-state index in [9.17, 15) is 52.7 Å². The molecule has 17 rings (SSSR count). The molecule has 0 amide bonds. The van der Waals surface area contributed by atoms with Gasteiger partial charge < -0.3 is 9.13 Å². The lowest BCUT2D eigenvalue weighted by atomic mass is 9.92. The standard InChI is InChI=1S/C88H50F12N8/c89-85(90,91)59-34-38-65(73(47-59)87(95,96)97)57-32-42-77-69(45-57)67-28-13-15-30-75(67)107(77)61-36-40-63(71(49-61)83-103-79(51-18-5-1-6-19-51)101-80(104-83)52-20-7-2-8-21-52)55-26-17-27-56(44-55)64-41-37-62(50-72(64)84-105-81(53-22-9-3-10-23-53)102-82(106-84)54-24-11-4-12-25-54)108-76-31-16-14-29-68(76)70-46-58(33-43-78(70)108)66-39-35-60(86(92,93)94)48-74(66)88(98,99)100/h1-50H. The smallest absolute Gasteiger partial charge is 0.309 e. The molecule has 0 radical (unpaired) electrons. The van der Waals surface area contributed by atoms with Gasteiger partial charge in [-0.2, -0.15) is 52.7 Å². The Kier molecular flexibility index (Phi) is 16.5. The van der Waals surface area contributed by atoms with Crippen LogP contribution in [0.5, 0.6) is 0 Å². The summed E-state index contributed by atoms with van der Waals surface area (Å²) in [6.45, 7) is 0. The Hall–Kier alpha value is -13.4. The summed E-state index contributed by atoms with van der Waals surface area (Å²) in [7, 11) is 0. The summed E-state index contributed by atoms with van der Waals surface area (Å²) >= 11 is 0. The van der Waals surface area contributed by atoms with Crippen LogP contribution < -0.4 is 0 Å². The molecule has 0 bridgehead atoms. The van der Waals surface area contributed by atoms with Crippen molar-refractivity contribution in [2.24, 2.45) is 0 Å². The molecule has 0 aliphatic carbocycles. The van der Waals surface area contributed by atoms with Crippen LogP contribution in [0, 0.1) is 0 Å². The fourth-order valence-corrected chi connectivity index (χ4v) is 14.2. The van der Waals surface area contributed by atoms with Gasteiger partial charge in [0.2, 0.25) is 0 Å². The molecule has 20 heteroatoms. The van der Waals surface area contributed by atoms with E-state index in [1.54, 1.807) is 36.4 Å². The molecule has 526 valence electrons. The Bertz CT molecular complexity index is 5870. The molecule has 13 aromatic carbocycles. The molecule has 4 heterocycles. The lowest BCUT2D eigenvalue weighted by molar-refractivity contribution is -0.144. The van der Waals surface area contributed by atoms with Gasteiger partial charge in [-0.25, -0.2) is 29.9 Å². The minimum Gasteiger partial charge on any atom is -0.309 e. The van der Waals surface area contributed by atoms with Crippen LogP contribution in [-0.2, 0) is 24.7 Å². The normalized spacial score (nSPS) is 12.3. The minimum atomic E-state index is -5.13. The summed E-state index contributed by atoms with van der Waals surface area (Å²) in [5.74, 6) is 1.99. The van der Waals surface area contributed by atoms with Crippen molar-refractivity contribution in [1.29, 1.82) is 0 Å². The summed E-state index contributed by atoms with van der Waals surface area (Å²) < 4.78 is 177. The second-order valence-corrected chi connectivity index (χ2v) is 25.8. The fourth-order valence-electron chi connectivity index (χ4n) is 14.2. The number of para-hydroxylation sites is 2. The van der Waals surface area contributed by atoms with Gasteiger partial charge in [0.1, 0.15) is 0 Å². The molecule has 0 atom stereocenters. The van der Waals surface area contributed by atoms with Crippen LogP contribution in [0.15, 0.2) is 303 Å².